The van der Waals surface area contributed by atoms with Crippen molar-refractivity contribution in [1.29, 1.82) is 0 Å². The highest BCUT2D eigenvalue weighted by molar-refractivity contribution is 7.90. The molecule has 3 aromatic carbocycles. The van der Waals surface area contributed by atoms with Gasteiger partial charge in [0.15, 0.2) is 0 Å². The average molecular weight is 498 g/mol. The van der Waals surface area contributed by atoms with E-state index in [-0.39, 0.29) is 24.2 Å². The summed E-state index contributed by atoms with van der Waals surface area (Å²) in [6.07, 6.45) is 0. The van der Waals surface area contributed by atoms with Gasteiger partial charge in [-0.2, -0.15) is 12.7 Å². The number of nitrogens with one attached hydrogen (secondary N) is 1. The van der Waals surface area contributed by atoms with Gasteiger partial charge in [0.1, 0.15) is 5.82 Å². The lowest BCUT2D eigenvalue weighted by Crippen LogP contribution is -2.40. The zero-order valence-electron chi connectivity index (χ0n) is 21.0. The van der Waals surface area contributed by atoms with Crippen molar-refractivity contribution in [2.45, 2.75) is 40.3 Å². The minimum atomic E-state index is -3.95. The van der Waals surface area contributed by atoms with Gasteiger partial charge >= 0.3 is 10.2 Å². The molecule has 0 aliphatic carbocycles. The van der Waals surface area contributed by atoms with Gasteiger partial charge in [-0.1, -0.05) is 36.4 Å². The first-order valence-electron chi connectivity index (χ1n) is 11.3. The monoisotopic (exact) mass is 497 g/mol. The number of nitrogens with zero attached hydrogens (tertiary/aromatic N) is 2. The van der Waals surface area contributed by atoms with Crippen LogP contribution in [-0.2, 0) is 16.8 Å². The van der Waals surface area contributed by atoms with Gasteiger partial charge in [0, 0.05) is 19.7 Å². The Balaban J connectivity index is 1.80. The summed E-state index contributed by atoms with van der Waals surface area (Å²) in [6.45, 7) is 8.01. The number of halogens is 1. The van der Waals surface area contributed by atoms with Crippen LogP contribution < -0.4 is 9.62 Å². The van der Waals surface area contributed by atoms with Crippen molar-refractivity contribution in [2.24, 2.45) is 0 Å². The van der Waals surface area contributed by atoms with Crippen molar-refractivity contribution >= 4 is 21.8 Å². The van der Waals surface area contributed by atoms with Crippen LogP contribution in [0.4, 0.5) is 10.1 Å². The van der Waals surface area contributed by atoms with Crippen LogP contribution >= 0.6 is 0 Å². The van der Waals surface area contributed by atoms with E-state index in [0.717, 1.165) is 19.7 Å². The van der Waals surface area contributed by atoms with Crippen LogP contribution in [0.2, 0.25) is 0 Å². The summed E-state index contributed by atoms with van der Waals surface area (Å²) >= 11 is 0. The molecule has 35 heavy (non-hydrogen) atoms. The maximum atomic E-state index is 14.5. The van der Waals surface area contributed by atoms with Gasteiger partial charge in [0.25, 0.3) is 5.91 Å². The number of hydrogen-bond donors (Lipinski definition) is 1. The third-order valence-corrected chi connectivity index (χ3v) is 7.91. The molecular weight excluding hydrogens is 465 g/mol. The van der Waals surface area contributed by atoms with Crippen molar-refractivity contribution in [3.05, 3.63) is 99.9 Å². The van der Waals surface area contributed by atoms with E-state index >= 15 is 0 Å². The minimum absolute atomic E-state index is 0.0411. The van der Waals surface area contributed by atoms with Gasteiger partial charge in [-0.25, -0.2) is 4.39 Å². The molecule has 0 aliphatic heterocycles. The van der Waals surface area contributed by atoms with Gasteiger partial charge in [-0.3, -0.25) is 9.10 Å². The second-order valence-electron chi connectivity index (χ2n) is 8.93. The van der Waals surface area contributed by atoms with Crippen LogP contribution in [-0.4, -0.2) is 32.7 Å². The Morgan fingerprint density at radius 3 is 2.14 bits per heavy atom. The number of benzene rings is 3. The number of carbonyl (C=O) groups excluding carboxylic acids is 1. The molecule has 0 aromatic heterocycles. The molecule has 8 heteroatoms. The van der Waals surface area contributed by atoms with Crippen LogP contribution in [0.5, 0.6) is 0 Å². The van der Waals surface area contributed by atoms with Crippen LogP contribution in [0.25, 0.3) is 0 Å². The van der Waals surface area contributed by atoms with E-state index in [4.69, 9.17) is 0 Å². The number of amides is 1. The Labute approximate surface area is 207 Å². The molecular formula is C27H32FN3O3S. The van der Waals surface area contributed by atoms with E-state index in [0.29, 0.717) is 11.1 Å². The predicted octanol–water partition coefficient (Wildman–Crippen LogP) is 5.05. The van der Waals surface area contributed by atoms with E-state index in [2.05, 4.69) is 24.4 Å². The first kappa shape index (κ1) is 26.4. The maximum Gasteiger partial charge on any atom is 0.303 e. The van der Waals surface area contributed by atoms with E-state index in [1.807, 2.05) is 20.8 Å². The maximum absolute atomic E-state index is 14.5. The molecule has 0 aliphatic rings. The van der Waals surface area contributed by atoms with Crippen molar-refractivity contribution in [3.8, 4) is 0 Å². The van der Waals surface area contributed by atoms with E-state index in [1.54, 1.807) is 30.3 Å². The number of rotatable bonds is 8. The Bertz CT molecular complexity index is 1320. The smallest absolute Gasteiger partial charge is 0.303 e. The number of para-hydroxylation sites is 1. The largest absolute Gasteiger partial charge is 0.346 e. The Kier molecular flexibility index (Phi) is 7.97. The summed E-state index contributed by atoms with van der Waals surface area (Å²) < 4.78 is 42.3. The van der Waals surface area contributed by atoms with Crippen molar-refractivity contribution in [2.75, 3.05) is 18.4 Å². The fourth-order valence-corrected chi connectivity index (χ4v) is 4.98. The molecule has 1 N–H and O–H groups in total. The standard InChI is InChI=1S/C27H32FN3O3S/c1-18-15-20(3)24(16-19(18)2)21(4)29-27(32)23-13-11-22(12-14-23)17-31(35(33,34)30(5)6)26-10-8-7-9-25(26)28/h7-16,21H,17H2,1-6H3,(H,29,32)/t21-/m0/s1. The summed E-state index contributed by atoms with van der Waals surface area (Å²) in [5.41, 5.74) is 5.59. The highest BCUT2D eigenvalue weighted by atomic mass is 32.2. The molecule has 0 bridgehead atoms. The fourth-order valence-electron chi connectivity index (χ4n) is 3.88. The van der Waals surface area contributed by atoms with E-state index < -0.39 is 16.0 Å². The number of carbonyl (C=O) groups is 1. The Morgan fingerprint density at radius 2 is 1.54 bits per heavy atom. The quantitative estimate of drug-likeness (QED) is 0.473. The topological polar surface area (TPSA) is 69.7 Å². The van der Waals surface area contributed by atoms with Gasteiger partial charge < -0.3 is 5.32 Å². The summed E-state index contributed by atoms with van der Waals surface area (Å²) in [7, 11) is -1.15. The molecule has 0 saturated heterocycles. The van der Waals surface area contributed by atoms with Crippen LogP contribution in [0, 0.1) is 26.6 Å². The van der Waals surface area contributed by atoms with Gasteiger partial charge in [-0.05, 0) is 79.8 Å². The van der Waals surface area contributed by atoms with Crippen molar-refractivity contribution < 1.29 is 17.6 Å². The molecule has 0 fully saturated rings. The normalized spacial score (nSPS) is 12.5. The molecule has 0 unspecified atom stereocenters. The first-order valence-corrected chi connectivity index (χ1v) is 12.7. The number of aryl methyl sites for hydroxylation is 3. The van der Waals surface area contributed by atoms with Gasteiger partial charge in [-0.15, -0.1) is 0 Å². The molecule has 186 valence electrons. The van der Waals surface area contributed by atoms with Crippen LogP contribution in [0.3, 0.4) is 0 Å². The summed E-state index contributed by atoms with van der Waals surface area (Å²) in [4.78, 5) is 12.9. The second kappa shape index (κ2) is 10.6. The van der Waals surface area contributed by atoms with Crippen molar-refractivity contribution in [1.82, 2.24) is 9.62 Å². The Morgan fingerprint density at radius 1 is 0.943 bits per heavy atom. The van der Waals surface area contributed by atoms with Crippen LogP contribution in [0.1, 0.15) is 51.1 Å². The molecule has 0 radical (unpaired) electrons. The fraction of sp³-hybridized carbons (Fsp3) is 0.296. The number of anilines is 1. The first-order chi connectivity index (χ1) is 16.4. The van der Waals surface area contributed by atoms with E-state index in [9.17, 15) is 17.6 Å². The van der Waals surface area contributed by atoms with E-state index in [1.165, 1.54) is 43.4 Å². The SMILES string of the molecule is Cc1cc(C)c([C@H](C)NC(=O)c2ccc(CN(c3ccccc3F)S(=O)(=O)N(C)C)cc2)cc1C. The second-order valence-corrected chi connectivity index (χ2v) is 11.0. The summed E-state index contributed by atoms with van der Waals surface area (Å²) in [5.74, 6) is -0.863. The zero-order valence-corrected chi connectivity index (χ0v) is 21.8. The lowest BCUT2D eigenvalue weighted by molar-refractivity contribution is 0.0939. The van der Waals surface area contributed by atoms with Gasteiger partial charge in [0.2, 0.25) is 0 Å². The lowest BCUT2D eigenvalue weighted by atomic mass is 9.96. The highest BCUT2D eigenvalue weighted by Crippen LogP contribution is 2.26. The molecule has 0 spiro atoms. The Hall–Kier alpha value is -3.23. The molecule has 0 heterocycles. The summed E-state index contributed by atoms with van der Waals surface area (Å²) in [6, 6.07) is 16.4. The summed E-state index contributed by atoms with van der Waals surface area (Å²) in [5, 5.41) is 3.03. The predicted molar refractivity (Wildman–Crippen MR) is 138 cm³/mol. The molecule has 3 rings (SSSR count). The number of hydrogen-bond acceptors (Lipinski definition) is 3. The lowest BCUT2D eigenvalue weighted by Gasteiger charge is -2.27. The molecule has 1 amide bonds. The average Bonchev–Trinajstić information content (AvgIpc) is 2.80. The minimum Gasteiger partial charge on any atom is -0.346 e. The highest BCUT2D eigenvalue weighted by Gasteiger charge is 2.27. The van der Waals surface area contributed by atoms with Crippen LogP contribution in [0.15, 0.2) is 60.7 Å². The molecule has 0 saturated carbocycles. The molecule has 6 nitrogen and oxygen atoms in total. The molecule has 3 aromatic rings. The van der Waals surface area contributed by atoms with Crippen molar-refractivity contribution in [3.63, 3.8) is 0 Å². The third kappa shape index (κ3) is 5.89. The zero-order chi connectivity index (χ0) is 25.9. The molecule has 1 atom stereocenters. The third-order valence-electron chi connectivity index (χ3n) is 6.10. The van der Waals surface area contributed by atoms with Gasteiger partial charge in [0.05, 0.1) is 18.3 Å².